The maximum Gasteiger partial charge on any atom is 0.264 e. The van der Waals surface area contributed by atoms with Gasteiger partial charge in [0, 0.05) is 7.11 Å². The number of ether oxygens (including phenoxy) is 1. The Labute approximate surface area is 128 Å². The summed E-state index contributed by atoms with van der Waals surface area (Å²) < 4.78 is 35.9. The van der Waals surface area contributed by atoms with E-state index in [4.69, 9.17) is 9.29 Å². The average Bonchev–Trinajstić information content (AvgIpc) is 2.36. The molecule has 0 spiro atoms. The predicted octanol–water partition coefficient (Wildman–Crippen LogP) is 3.77. The van der Waals surface area contributed by atoms with E-state index in [2.05, 4.69) is 38.1 Å². The Morgan fingerprint density at radius 3 is 2.24 bits per heavy atom. The van der Waals surface area contributed by atoms with Crippen molar-refractivity contribution in [1.82, 2.24) is 0 Å². The molecule has 0 fully saturated rings. The van der Waals surface area contributed by atoms with Crippen LogP contribution in [0.2, 0.25) is 0 Å². The normalized spacial score (nSPS) is 14.1. The summed E-state index contributed by atoms with van der Waals surface area (Å²) in [5.41, 5.74) is 2.23. The summed E-state index contributed by atoms with van der Waals surface area (Å²) >= 11 is 0. The van der Waals surface area contributed by atoms with Crippen LogP contribution in [0.25, 0.3) is 0 Å². The molecule has 0 aliphatic rings. The summed E-state index contributed by atoms with van der Waals surface area (Å²) in [6, 6.07) is 8.28. The van der Waals surface area contributed by atoms with E-state index in [1.165, 1.54) is 5.56 Å². The fourth-order valence-corrected chi connectivity index (χ4v) is 3.21. The highest BCUT2D eigenvalue weighted by Crippen LogP contribution is 2.40. The van der Waals surface area contributed by atoms with Gasteiger partial charge in [0.05, 0.1) is 11.9 Å². The second-order valence-corrected chi connectivity index (χ2v) is 7.83. The second-order valence-electron chi connectivity index (χ2n) is 6.26. The molecular weight excluding hydrogens is 288 g/mol. The lowest BCUT2D eigenvalue weighted by atomic mass is 9.78. The summed E-state index contributed by atoms with van der Waals surface area (Å²) in [6.45, 7) is 6.29. The van der Waals surface area contributed by atoms with E-state index in [0.717, 1.165) is 18.4 Å². The number of hydrogen-bond acceptors (Lipinski definition) is 3. The largest absolute Gasteiger partial charge is 0.376 e. The minimum atomic E-state index is -3.86. The minimum Gasteiger partial charge on any atom is -0.376 e. The maximum absolute atomic E-state index is 10.7. The molecule has 1 unspecified atom stereocenters. The lowest BCUT2D eigenvalue weighted by molar-refractivity contribution is -0.000770. The summed E-state index contributed by atoms with van der Waals surface area (Å²) in [4.78, 5) is 0. The number of benzene rings is 1. The molecule has 1 N–H and O–H groups in total. The lowest BCUT2D eigenvalue weighted by Gasteiger charge is -2.34. The second kappa shape index (κ2) is 7.38. The molecule has 1 aromatic carbocycles. The zero-order valence-electron chi connectivity index (χ0n) is 13.3. The van der Waals surface area contributed by atoms with Crippen molar-refractivity contribution in [2.24, 2.45) is 5.41 Å². The highest BCUT2D eigenvalue weighted by Gasteiger charge is 2.30. The van der Waals surface area contributed by atoms with Crippen LogP contribution in [-0.4, -0.2) is 25.8 Å². The first-order chi connectivity index (χ1) is 9.65. The van der Waals surface area contributed by atoms with E-state index in [0.29, 0.717) is 6.42 Å². The quantitative estimate of drug-likeness (QED) is 0.586. The van der Waals surface area contributed by atoms with Crippen LogP contribution in [0.5, 0.6) is 0 Å². The number of unbranched alkanes of at least 4 members (excludes halogenated alkanes) is 1. The number of hydrogen-bond donors (Lipinski definition) is 1. The van der Waals surface area contributed by atoms with Crippen molar-refractivity contribution in [3.8, 4) is 0 Å². The maximum atomic E-state index is 10.7. The van der Waals surface area contributed by atoms with Crippen molar-refractivity contribution in [3.05, 3.63) is 35.4 Å². The van der Waals surface area contributed by atoms with Gasteiger partial charge in [-0.2, -0.15) is 8.42 Å². The van der Waals surface area contributed by atoms with Gasteiger partial charge in [0.1, 0.15) is 0 Å². The van der Waals surface area contributed by atoms with Gasteiger partial charge in [-0.3, -0.25) is 4.55 Å². The molecule has 0 amide bonds. The van der Waals surface area contributed by atoms with Crippen LogP contribution < -0.4 is 0 Å². The van der Waals surface area contributed by atoms with Crippen LogP contribution >= 0.6 is 0 Å². The molecule has 0 radical (unpaired) electrons. The van der Waals surface area contributed by atoms with E-state index in [1.807, 2.05) is 6.92 Å². The first kappa shape index (κ1) is 18.1. The Morgan fingerprint density at radius 2 is 1.76 bits per heavy atom. The standard InChI is InChI=1S/C16H26O4S/c1-13-7-9-14(10-8-13)15(20-4)16(2,3)11-5-6-12-21(17,18)19/h7-10,15H,5-6,11-12H2,1-4H3,(H,17,18,19). The van der Waals surface area contributed by atoms with E-state index in [-0.39, 0.29) is 17.3 Å². The molecule has 1 aromatic rings. The molecule has 1 atom stereocenters. The van der Waals surface area contributed by atoms with Gasteiger partial charge in [-0.1, -0.05) is 50.1 Å². The summed E-state index contributed by atoms with van der Waals surface area (Å²) in [5, 5.41) is 0. The van der Waals surface area contributed by atoms with Crippen LogP contribution in [0, 0.1) is 12.3 Å². The van der Waals surface area contributed by atoms with Gasteiger partial charge >= 0.3 is 0 Å². The first-order valence-corrected chi connectivity index (χ1v) is 8.81. The van der Waals surface area contributed by atoms with E-state index >= 15 is 0 Å². The Hall–Kier alpha value is -0.910. The van der Waals surface area contributed by atoms with Crippen molar-refractivity contribution in [2.75, 3.05) is 12.9 Å². The van der Waals surface area contributed by atoms with Crippen molar-refractivity contribution in [1.29, 1.82) is 0 Å². The smallest absolute Gasteiger partial charge is 0.264 e. The van der Waals surface area contributed by atoms with E-state index in [9.17, 15) is 8.42 Å². The summed E-state index contributed by atoms with van der Waals surface area (Å²) in [6.07, 6.45) is 1.99. The fraction of sp³-hybridized carbons (Fsp3) is 0.625. The molecule has 0 heterocycles. The SMILES string of the molecule is COC(c1ccc(C)cc1)C(C)(C)CCCCS(=O)(=O)O. The Balaban J connectivity index is 2.67. The monoisotopic (exact) mass is 314 g/mol. The van der Waals surface area contributed by atoms with Gasteiger partial charge in [-0.05, 0) is 30.7 Å². The molecule has 0 aromatic heterocycles. The number of methoxy groups -OCH3 is 1. The van der Waals surface area contributed by atoms with Gasteiger partial charge in [0.15, 0.2) is 0 Å². The van der Waals surface area contributed by atoms with Gasteiger partial charge in [-0.25, -0.2) is 0 Å². The topological polar surface area (TPSA) is 63.6 Å². The van der Waals surface area contributed by atoms with Gasteiger partial charge in [-0.15, -0.1) is 0 Å². The highest BCUT2D eigenvalue weighted by atomic mass is 32.2. The van der Waals surface area contributed by atoms with Crippen molar-refractivity contribution in [2.45, 2.75) is 46.1 Å². The molecule has 0 aliphatic carbocycles. The predicted molar refractivity (Wildman–Crippen MR) is 85.0 cm³/mol. The van der Waals surface area contributed by atoms with Gasteiger partial charge < -0.3 is 4.74 Å². The van der Waals surface area contributed by atoms with Crippen LogP contribution in [0.3, 0.4) is 0 Å². The summed E-state index contributed by atoms with van der Waals surface area (Å²) in [5.74, 6) is -0.175. The number of rotatable bonds is 8. The van der Waals surface area contributed by atoms with Gasteiger partial charge in [0.2, 0.25) is 0 Å². The molecule has 21 heavy (non-hydrogen) atoms. The summed E-state index contributed by atoms with van der Waals surface area (Å²) in [7, 11) is -2.16. The lowest BCUT2D eigenvalue weighted by Crippen LogP contribution is -2.24. The fourth-order valence-electron chi connectivity index (χ4n) is 2.64. The molecule has 120 valence electrons. The van der Waals surface area contributed by atoms with Crippen LogP contribution in [0.15, 0.2) is 24.3 Å². The zero-order chi connectivity index (χ0) is 16.1. The Kier molecular flexibility index (Phi) is 6.38. The molecule has 5 heteroatoms. The molecule has 0 saturated carbocycles. The average molecular weight is 314 g/mol. The number of aryl methyl sites for hydroxylation is 1. The van der Waals surface area contributed by atoms with E-state index < -0.39 is 10.1 Å². The van der Waals surface area contributed by atoms with Crippen LogP contribution in [0.4, 0.5) is 0 Å². The molecule has 0 saturated heterocycles. The van der Waals surface area contributed by atoms with Crippen molar-refractivity contribution in [3.63, 3.8) is 0 Å². The van der Waals surface area contributed by atoms with Crippen molar-refractivity contribution < 1.29 is 17.7 Å². The van der Waals surface area contributed by atoms with Crippen LogP contribution in [0.1, 0.15) is 50.3 Å². The first-order valence-electron chi connectivity index (χ1n) is 7.20. The zero-order valence-corrected chi connectivity index (χ0v) is 14.1. The van der Waals surface area contributed by atoms with Crippen LogP contribution in [-0.2, 0) is 14.9 Å². The highest BCUT2D eigenvalue weighted by molar-refractivity contribution is 7.85. The molecular formula is C16H26O4S. The Bertz CT molecular complexity index is 532. The minimum absolute atomic E-state index is 0.0381. The van der Waals surface area contributed by atoms with E-state index in [1.54, 1.807) is 7.11 Å². The van der Waals surface area contributed by atoms with Gasteiger partial charge in [0.25, 0.3) is 10.1 Å². The third-order valence-corrected chi connectivity index (χ3v) is 4.60. The Morgan fingerprint density at radius 1 is 1.19 bits per heavy atom. The third kappa shape index (κ3) is 6.16. The molecule has 0 aliphatic heterocycles. The molecule has 0 bridgehead atoms. The third-order valence-electron chi connectivity index (χ3n) is 3.80. The van der Waals surface area contributed by atoms with Crippen molar-refractivity contribution >= 4 is 10.1 Å². The molecule has 1 rings (SSSR count). The molecule has 4 nitrogen and oxygen atoms in total.